The molecule has 1 N–H and O–H groups in total. The number of halogens is 2. The van der Waals surface area contributed by atoms with Crippen LogP contribution < -0.4 is 0 Å². The molecule has 0 bridgehead atoms. The number of alkyl halides is 2. The first-order valence-electron chi connectivity index (χ1n) is 14.7. The number of nitriles is 1. The van der Waals surface area contributed by atoms with Crippen molar-refractivity contribution >= 4 is 17.9 Å². The van der Waals surface area contributed by atoms with Gasteiger partial charge in [-0.2, -0.15) is 5.26 Å². The number of nitrogens with zero attached hydrogens (tertiary/aromatic N) is 1. The van der Waals surface area contributed by atoms with Crippen LogP contribution in [0.3, 0.4) is 0 Å². The third-order valence-electron chi connectivity index (χ3n) is 10.5. The summed E-state index contributed by atoms with van der Waals surface area (Å²) in [7, 11) is 0. The first kappa shape index (κ1) is 31.1. The fourth-order valence-electron chi connectivity index (χ4n) is 8.62. The van der Waals surface area contributed by atoms with Gasteiger partial charge in [-0.1, -0.05) is 46.6 Å². The molecule has 9 atom stereocenters. The van der Waals surface area contributed by atoms with Gasteiger partial charge >= 0.3 is 12.1 Å². The van der Waals surface area contributed by atoms with Crippen LogP contribution in [-0.2, 0) is 23.8 Å². The van der Waals surface area contributed by atoms with Gasteiger partial charge in [-0.15, -0.1) is 0 Å². The molecule has 0 aliphatic heterocycles. The topological polar surface area (TPSA) is 123 Å². The maximum atomic E-state index is 17.5. The molecule has 3 fully saturated rings. The van der Waals surface area contributed by atoms with E-state index in [-0.39, 0.29) is 24.8 Å². The highest BCUT2D eigenvalue weighted by atomic mass is 19.1. The van der Waals surface area contributed by atoms with Crippen molar-refractivity contribution < 1.29 is 42.5 Å². The number of hydrogen-bond donors (Lipinski definition) is 1. The molecule has 0 spiro atoms. The Hall–Kier alpha value is -2.80. The highest BCUT2D eigenvalue weighted by Crippen LogP contribution is 2.71. The lowest BCUT2D eigenvalue weighted by molar-refractivity contribution is -0.234. The SMILES string of the molecule is CCCC(CCC)OC(=O)O[C@]1(C(=O)OCC#N)[C@H](C)C[C@H]2[C@@H]3C[C@H](F)C4=CC(=O)C=C[C@]4(C)[C@@]3(F)[C@@H](O)C[C@@]21C. The maximum Gasteiger partial charge on any atom is 0.509 e. The number of hydrogen-bond acceptors (Lipinski definition) is 8. The maximum absolute atomic E-state index is 17.5. The van der Waals surface area contributed by atoms with Crippen LogP contribution in [0.5, 0.6) is 0 Å². The lowest BCUT2D eigenvalue weighted by Crippen LogP contribution is -2.71. The van der Waals surface area contributed by atoms with Crippen LogP contribution in [0, 0.1) is 39.9 Å². The fourth-order valence-corrected chi connectivity index (χ4v) is 8.62. The molecule has 0 aromatic carbocycles. The zero-order chi connectivity index (χ0) is 30.4. The number of allylic oxidation sites excluding steroid dienone is 4. The molecule has 0 heterocycles. The Kier molecular flexibility index (Phi) is 8.45. The third kappa shape index (κ3) is 4.50. The number of ether oxygens (including phenoxy) is 3. The number of ketones is 1. The summed E-state index contributed by atoms with van der Waals surface area (Å²) in [5.41, 5.74) is -7.35. The van der Waals surface area contributed by atoms with Crippen molar-refractivity contribution in [2.45, 2.75) is 109 Å². The molecule has 0 aromatic rings. The van der Waals surface area contributed by atoms with Crippen LogP contribution >= 0.6 is 0 Å². The second kappa shape index (κ2) is 11.1. The van der Waals surface area contributed by atoms with E-state index in [4.69, 9.17) is 19.5 Å². The molecule has 8 nitrogen and oxygen atoms in total. The van der Waals surface area contributed by atoms with E-state index in [1.165, 1.54) is 19.1 Å². The van der Waals surface area contributed by atoms with E-state index in [0.717, 1.165) is 18.9 Å². The average molecular weight is 578 g/mol. The molecule has 0 radical (unpaired) electrons. The highest BCUT2D eigenvalue weighted by molar-refractivity contribution is 6.01. The van der Waals surface area contributed by atoms with Gasteiger partial charge in [-0.25, -0.2) is 18.4 Å². The van der Waals surface area contributed by atoms with Gasteiger partial charge in [0.2, 0.25) is 5.60 Å². The second-order valence-corrected chi connectivity index (χ2v) is 12.6. The number of fused-ring (bicyclic) bond motifs is 5. The number of carbonyl (C=O) groups excluding carboxylic acids is 3. The van der Waals surface area contributed by atoms with E-state index in [1.54, 1.807) is 19.9 Å². The van der Waals surface area contributed by atoms with Crippen LogP contribution in [0.1, 0.15) is 79.6 Å². The molecule has 10 heteroatoms. The van der Waals surface area contributed by atoms with Gasteiger partial charge in [0.05, 0.1) is 6.10 Å². The summed E-state index contributed by atoms with van der Waals surface area (Å²) in [6, 6.07) is 1.75. The zero-order valence-electron chi connectivity index (χ0n) is 24.5. The van der Waals surface area contributed by atoms with Crippen LogP contribution in [0.15, 0.2) is 23.8 Å². The Balaban J connectivity index is 1.79. The molecule has 0 amide bonds. The van der Waals surface area contributed by atoms with Gasteiger partial charge < -0.3 is 19.3 Å². The van der Waals surface area contributed by atoms with E-state index < -0.39 is 82.7 Å². The van der Waals surface area contributed by atoms with Crippen LogP contribution in [0.25, 0.3) is 0 Å². The molecule has 4 aliphatic carbocycles. The molecule has 3 saturated carbocycles. The molecule has 0 unspecified atom stereocenters. The first-order valence-corrected chi connectivity index (χ1v) is 14.7. The fraction of sp³-hybridized carbons (Fsp3) is 0.742. The van der Waals surface area contributed by atoms with Crippen LogP contribution in [-0.4, -0.2) is 59.3 Å². The van der Waals surface area contributed by atoms with Crippen LogP contribution in [0.2, 0.25) is 0 Å². The summed E-state index contributed by atoms with van der Waals surface area (Å²) in [4.78, 5) is 39.2. The molecule has 4 aliphatic rings. The largest absolute Gasteiger partial charge is 0.509 e. The number of aliphatic hydroxyl groups is 1. The van der Waals surface area contributed by atoms with Gasteiger partial charge in [0.15, 0.2) is 18.1 Å². The summed E-state index contributed by atoms with van der Waals surface area (Å²) in [5, 5.41) is 20.7. The predicted molar refractivity (Wildman–Crippen MR) is 144 cm³/mol. The average Bonchev–Trinajstić information content (AvgIpc) is 3.12. The first-order chi connectivity index (χ1) is 19.3. The summed E-state index contributed by atoms with van der Waals surface area (Å²) in [6.45, 7) is 8.12. The highest BCUT2D eigenvalue weighted by Gasteiger charge is 2.79. The van der Waals surface area contributed by atoms with Crippen molar-refractivity contribution in [1.29, 1.82) is 5.26 Å². The Morgan fingerprint density at radius 2 is 1.85 bits per heavy atom. The van der Waals surface area contributed by atoms with E-state index in [2.05, 4.69) is 0 Å². The molecule has 0 aromatic heterocycles. The van der Waals surface area contributed by atoms with Gasteiger partial charge in [0, 0.05) is 22.7 Å². The molecule has 226 valence electrons. The summed E-state index contributed by atoms with van der Waals surface area (Å²) < 4.78 is 50.1. The molecule has 0 saturated heterocycles. The third-order valence-corrected chi connectivity index (χ3v) is 10.5. The Morgan fingerprint density at radius 1 is 1.20 bits per heavy atom. The van der Waals surface area contributed by atoms with Gasteiger partial charge in [0.25, 0.3) is 0 Å². The van der Waals surface area contributed by atoms with E-state index in [0.29, 0.717) is 12.8 Å². The van der Waals surface area contributed by atoms with Gasteiger partial charge in [-0.3, -0.25) is 4.79 Å². The van der Waals surface area contributed by atoms with Crippen molar-refractivity contribution in [3.63, 3.8) is 0 Å². The molecule has 4 rings (SSSR count). The smallest absolute Gasteiger partial charge is 0.447 e. The molecular weight excluding hydrogens is 536 g/mol. The predicted octanol–water partition coefficient (Wildman–Crippen LogP) is 5.48. The van der Waals surface area contributed by atoms with Gasteiger partial charge in [0.1, 0.15) is 18.3 Å². The number of aliphatic hydroxyl groups excluding tert-OH is 1. The van der Waals surface area contributed by atoms with Crippen molar-refractivity contribution in [3.05, 3.63) is 23.8 Å². The number of carbonyl (C=O) groups is 3. The van der Waals surface area contributed by atoms with E-state index >= 15 is 8.78 Å². The van der Waals surface area contributed by atoms with E-state index in [9.17, 15) is 19.5 Å². The zero-order valence-corrected chi connectivity index (χ0v) is 24.5. The minimum atomic E-state index is -2.36. The monoisotopic (exact) mass is 577 g/mol. The van der Waals surface area contributed by atoms with E-state index in [1.807, 2.05) is 13.8 Å². The van der Waals surface area contributed by atoms with Crippen molar-refractivity contribution in [3.8, 4) is 6.07 Å². The van der Waals surface area contributed by atoms with Crippen molar-refractivity contribution in [2.24, 2.45) is 28.6 Å². The summed E-state index contributed by atoms with van der Waals surface area (Å²) in [6.07, 6.45) is 1.06. The quantitative estimate of drug-likeness (QED) is 0.377. The Morgan fingerprint density at radius 3 is 2.46 bits per heavy atom. The summed E-state index contributed by atoms with van der Waals surface area (Å²) in [5.74, 6) is -3.93. The Labute approximate surface area is 240 Å². The van der Waals surface area contributed by atoms with Crippen molar-refractivity contribution in [1.82, 2.24) is 0 Å². The minimum Gasteiger partial charge on any atom is -0.447 e. The number of esters is 1. The number of rotatable bonds is 8. The normalized spacial score (nSPS) is 41.0. The molecule has 41 heavy (non-hydrogen) atoms. The minimum absolute atomic E-state index is 0.00476. The Bertz CT molecular complexity index is 1180. The molecular formula is C31H41F2NO7. The summed E-state index contributed by atoms with van der Waals surface area (Å²) >= 11 is 0. The second-order valence-electron chi connectivity index (χ2n) is 12.6. The lowest BCUT2D eigenvalue weighted by atomic mass is 9.44. The van der Waals surface area contributed by atoms with Crippen LogP contribution in [0.4, 0.5) is 13.6 Å². The standard InChI is InChI=1S/C31H41F2NO7/c1-6-8-20(9-7-2)40-27(38)41-31(26(37)39-13-12-34)18(3)14-21-22-16-24(32)23-15-19(35)10-11-28(23,4)30(22,33)25(36)17-29(21,31)5/h10-11,15,18,20-22,24-25,36H,6-9,13-14,16-17H2,1-5H3/t18-,21+,22+,24+,25+,28+,29+,30+,31+/m1/s1. The van der Waals surface area contributed by atoms with Gasteiger partial charge in [-0.05, 0) is 62.7 Å². The lowest BCUT2D eigenvalue weighted by Gasteiger charge is -2.62. The van der Waals surface area contributed by atoms with Crippen molar-refractivity contribution in [2.75, 3.05) is 6.61 Å².